The molecule has 3 unspecified atom stereocenters. The van der Waals surface area contributed by atoms with Gasteiger partial charge in [0.2, 0.25) is 17.7 Å². The molecule has 0 bridgehead atoms. The summed E-state index contributed by atoms with van der Waals surface area (Å²) in [5.74, 6) is -3.26. The van der Waals surface area contributed by atoms with Crippen molar-refractivity contribution in [3.63, 3.8) is 0 Å². The third-order valence-electron chi connectivity index (χ3n) is 6.82. The SMILES string of the molecule is Cc1cc(Cl)cc2c1NC(=O)C21NC(C(C)O)[C@H]2C(=O)N(Cc3ccccc3Cl)C(=O)[C@H]21. The first-order valence-electron chi connectivity index (χ1n) is 10.3. The summed E-state index contributed by atoms with van der Waals surface area (Å²) in [6, 6.07) is 9.56. The van der Waals surface area contributed by atoms with Crippen LogP contribution < -0.4 is 10.6 Å². The van der Waals surface area contributed by atoms with Gasteiger partial charge in [-0.05, 0) is 43.2 Å². The Kier molecular flexibility index (Phi) is 4.87. The van der Waals surface area contributed by atoms with E-state index in [2.05, 4.69) is 10.6 Å². The maximum Gasteiger partial charge on any atom is 0.250 e. The lowest BCUT2D eigenvalue weighted by molar-refractivity contribution is -0.143. The fourth-order valence-corrected chi connectivity index (χ4v) is 5.86. The largest absolute Gasteiger partial charge is 0.392 e. The molecule has 2 saturated heterocycles. The van der Waals surface area contributed by atoms with E-state index in [1.54, 1.807) is 43.3 Å². The third-order valence-corrected chi connectivity index (χ3v) is 7.40. The van der Waals surface area contributed by atoms with Crippen LogP contribution in [0.1, 0.15) is 23.6 Å². The fourth-order valence-electron chi connectivity index (χ4n) is 5.39. The Labute approximate surface area is 194 Å². The first-order chi connectivity index (χ1) is 15.2. The highest BCUT2D eigenvalue weighted by Gasteiger charge is 2.71. The molecule has 2 aromatic carbocycles. The highest BCUT2D eigenvalue weighted by Crippen LogP contribution is 2.54. The van der Waals surface area contributed by atoms with Gasteiger partial charge in [-0.3, -0.25) is 24.6 Å². The highest BCUT2D eigenvalue weighted by atomic mass is 35.5. The van der Waals surface area contributed by atoms with Crippen LogP contribution in [-0.2, 0) is 26.5 Å². The van der Waals surface area contributed by atoms with Gasteiger partial charge in [0.05, 0.1) is 24.5 Å². The third kappa shape index (κ3) is 2.78. The number of hydrogen-bond acceptors (Lipinski definition) is 5. The summed E-state index contributed by atoms with van der Waals surface area (Å²) in [5, 5.41) is 17.4. The fraction of sp³-hybridized carbons (Fsp3) is 0.348. The number of amides is 3. The lowest BCUT2D eigenvalue weighted by Gasteiger charge is -2.30. The Bertz CT molecular complexity index is 1180. The molecule has 3 amide bonds. The van der Waals surface area contributed by atoms with Crippen LogP contribution in [0.5, 0.6) is 0 Å². The van der Waals surface area contributed by atoms with Crippen LogP contribution in [0, 0.1) is 18.8 Å². The summed E-state index contributed by atoms with van der Waals surface area (Å²) >= 11 is 12.6. The van der Waals surface area contributed by atoms with Gasteiger partial charge in [-0.2, -0.15) is 0 Å². The first kappa shape index (κ1) is 21.4. The van der Waals surface area contributed by atoms with E-state index >= 15 is 0 Å². The number of anilines is 1. The van der Waals surface area contributed by atoms with Gasteiger partial charge in [0.1, 0.15) is 5.54 Å². The van der Waals surface area contributed by atoms with Crippen molar-refractivity contribution in [2.24, 2.45) is 11.8 Å². The molecule has 0 aromatic heterocycles. The molecule has 32 heavy (non-hydrogen) atoms. The number of aliphatic hydroxyl groups is 1. The van der Waals surface area contributed by atoms with Gasteiger partial charge in [-0.1, -0.05) is 41.4 Å². The monoisotopic (exact) mass is 473 g/mol. The molecule has 3 aliphatic rings. The second-order valence-electron chi connectivity index (χ2n) is 8.68. The number of aryl methyl sites for hydroxylation is 1. The Morgan fingerprint density at radius 1 is 1.16 bits per heavy atom. The van der Waals surface area contributed by atoms with Crippen LogP contribution in [-0.4, -0.2) is 39.9 Å². The van der Waals surface area contributed by atoms with Crippen molar-refractivity contribution in [1.29, 1.82) is 0 Å². The minimum absolute atomic E-state index is 0.00397. The number of likely N-dealkylation sites (tertiary alicyclic amines) is 1. The van der Waals surface area contributed by atoms with Crippen LogP contribution in [0.2, 0.25) is 10.0 Å². The van der Waals surface area contributed by atoms with Crippen molar-refractivity contribution < 1.29 is 19.5 Å². The van der Waals surface area contributed by atoms with Gasteiger partial charge in [0.25, 0.3) is 0 Å². The molecule has 2 fully saturated rings. The standard InChI is InChI=1S/C23H21Cl2N3O4/c1-10-7-13(24)8-14-18(10)26-22(32)23(14)17-16(19(27-23)11(2)29)20(30)28(21(17)31)9-12-5-3-4-6-15(12)25/h3-8,11,16-17,19,27,29H,9H2,1-2H3,(H,26,32)/t11?,16-,17-,19?,23?/m0/s1. The molecule has 0 aliphatic carbocycles. The average molecular weight is 474 g/mol. The predicted molar refractivity (Wildman–Crippen MR) is 119 cm³/mol. The van der Waals surface area contributed by atoms with E-state index < -0.39 is 47.2 Å². The van der Waals surface area contributed by atoms with Crippen LogP contribution in [0.4, 0.5) is 5.69 Å². The van der Waals surface area contributed by atoms with E-state index in [0.29, 0.717) is 26.9 Å². The normalized spacial score (nSPS) is 29.5. The molecule has 3 heterocycles. The van der Waals surface area contributed by atoms with E-state index in [9.17, 15) is 19.5 Å². The molecule has 3 aliphatic heterocycles. The number of carbonyl (C=O) groups is 3. The molecular weight excluding hydrogens is 453 g/mol. The van der Waals surface area contributed by atoms with Crippen molar-refractivity contribution in [2.75, 3.05) is 5.32 Å². The number of rotatable bonds is 3. The highest BCUT2D eigenvalue weighted by molar-refractivity contribution is 6.31. The Morgan fingerprint density at radius 3 is 2.56 bits per heavy atom. The maximum absolute atomic E-state index is 13.7. The summed E-state index contributed by atoms with van der Waals surface area (Å²) in [4.78, 5) is 41.7. The van der Waals surface area contributed by atoms with Crippen LogP contribution >= 0.6 is 23.2 Å². The molecule has 1 spiro atoms. The first-order valence-corrected chi connectivity index (χ1v) is 11.1. The summed E-state index contributed by atoms with van der Waals surface area (Å²) in [6.07, 6.45) is -0.976. The lowest BCUT2D eigenvalue weighted by atomic mass is 9.76. The van der Waals surface area contributed by atoms with Crippen molar-refractivity contribution in [3.05, 3.63) is 63.1 Å². The van der Waals surface area contributed by atoms with E-state index in [-0.39, 0.29) is 6.54 Å². The summed E-state index contributed by atoms with van der Waals surface area (Å²) in [6.45, 7) is 3.35. The molecule has 0 saturated carbocycles. The topological polar surface area (TPSA) is 98.7 Å². The Hall–Kier alpha value is -2.45. The van der Waals surface area contributed by atoms with E-state index in [1.807, 2.05) is 6.92 Å². The molecule has 2 aromatic rings. The second-order valence-corrected chi connectivity index (χ2v) is 9.52. The number of aliphatic hydroxyl groups excluding tert-OH is 1. The number of hydrogen-bond donors (Lipinski definition) is 3. The van der Waals surface area contributed by atoms with Crippen molar-refractivity contribution in [2.45, 2.75) is 38.1 Å². The smallest absolute Gasteiger partial charge is 0.250 e. The van der Waals surface area contributed by atoms with Gasteiger partial charge in [0.15, 0.2) is 0 Å². The molecule has 9 heteroatoms. The predicted octanol–water partition coefficient (Wildman–Crippen LogP) is 2.60. The molecule has 5 rings (SSSR count). The number of carbonyl (C=O) groups excluding carboxylic acids is 3. The molecule has 3 N–H and O–H groups in total. The van der Waals surface area contributed by atoms with Gasteiger partial charge in [0, 0.05) is 27.3 Å². The van der Waals surface area contributed by atoms with Gasteiger partial charge < -0.3 is 10.4 Å². The lowest BCUT2D eigenvalue weighted by Crippen LogP contribution is -2.54. The number of nitrogens with one attached hydrogen (secondary N) is 2. The maximum atomic E-state index is 13.7. The molecule has 0 radical (unpaired) electrons. The van der Waals surface area contributed by atoms with E-state index in [1.165, 1.54) is 0 Å². The molecule has 166 valence electrons. The summed E-state index contributed by atoms with van der Waals surface area (Å²) in [5.41, 5.74) is 0.968. The van der Waals surface area contributed by atoms with Crippen LogP contribution in [0.25, 0.3) is 0 Å². The minimum atomic E-state index is -1.50. The van der Waals surface area contributed by atoms with Gasteiger partial charge >= 0.3 is 0 Å². The zero-order chi connectivity index (χ0) is 22.9. The second kappa shape index (κ2) is 7.28. The van der Waals surface area contributed by atoms with Crippen LogP contribution in [0.15, 0.2) is 36.4 Å². The number of imide groups is 1. The average Bonchev–Trinajstić information content (AvgIpc) is 3.31. The van der Waals surface area contributed by atoms with Crippen molar-refractivity contribution in [1.82, 2.24) is 10.2 Å². The molecule has 7 nitrogen and oxygen atoms in total. The zero-order valence-electron chi connectivity index (χ0n) is 17.4. The van der Waals surface area contributed by atoms with E-state index in [4.69, 9.17) is 23.2 Å². The molecular formula is C23H21Cl2N3O4. The number of fused-ring (bicyclic) bond motifs is 4. The minimum Gasteiger partial charge on any atom is -0.392 e. The summed E-state index contributed by atoms with van der Waals surface area (Å²) in [7, 11) is 0. The Morgan fingerprint density at radius 2 is 1.88 bits per heavy atom. The van der Waals surface area contributed by atoms with Gasteiger partial charge in [-0.15, -0.1) is 0 Å². The number of nitrogens with zero attached hydrogens (tertiary/aromatic N) is 1. The molecule has 5 atom stereocenters. The van der Waals surface area contributed by atoms with Crippen molar-refractivity contribution in [3.8, 4) is 0 Å². The van der Waals surface area contributed by atoms with Crippen molar-refractivity contribution >= 4 is 46.6 Å². The van der Waals surface area contributed by atoms with E-state index in [0.717, 1.165) is 10.5 Å². The zero-order valence-corrected chi connectivity index (χ0v) is 18.9. The summed E-state index contributed by atoms with van der Waals surface area (Å²) < 4.78 is 0. The Balaban J connectivity index is 1.65. The number of halogens is 2. The quantitative estimate of drug-likeness (QED) is 0.595. The number of benzene rings is 2. The van der Waals surface area contributed by atoms with Crippen LogP contribution in [0.3, 0.4) is 0 Å². The van der Waals surface area contributed by atoms with Gasteiger partial charge in [-0.25, -0.2) is 0 Å².